The summed E-state index contributed by atoms with van der Waals surface area (Å²) in [5.41, 5.74) is 2.42. The van der Waals surface area contributed by atoms with Crippen LogP contribution in [-0.4, -0.2) is 32.3 Å². The molecule has 0 spiro atoms. The van der Waals surface area contributed by atoms with Crippen molar-refractivity contribution in [2.75, 3.05) is 26.4 Å². The molecule has 1 amide bonds. The van der Waals surface area contributed by atoms with Gasteiger partial charge in [0.25, 0.3) is 5.91 Å². The van der Waals surface area contributed by atoms with Crippen LogP contribution in [0, 0.1) is 0 Å². The molecule has 128 valence electrons. The Balaban J connectivity index is 1.69. The molecule has 0 aromatic heterocycles. The standard InChI is InChI=1S/C19H23ClN2OS/c1-22(13-16-5-9-18(24-2)10-6-16)14-19(23)21-12-11-15-3-7-17(20)8-4-15/h3-10H,11-14H2,1-2H3,(H,21,23)/p+1. The third-order valence-corrected chi connectivity index (χ3v) is 4.77. The molecule has 2 rings (SSSR count). The van der Waals surface area contributed by atoms with Crippen LogP contribution in [0.2, 0.25) is 5.02 Å². The third-order valence-electron chi connectivity index (χ3n) is 3.78. The zero-order valence-corrected chi connectivity index (χ0v) is 15.7. The summed E-state index contributed by atoms with van der Waals surface area (Å²) in [6.45, 7) is 1.97. The van der Waals surface area contributed by atoms with Crippen LogP contribution in [0.15, 0.2) is 53.4 Å². The number of hydrogen-bond acceptors (Lipinski definition) is 2. The van der Waals surface area contributed by atoms with Crippen LogP contribution >= 0.6 is 23.4 Å². The smallest absolute Gasteiger partial charge is 0.275 e. The number of nitrogens with one attached hydrogen (secondary N) is 2. The molecule has 0 aliphatic heterocycles. The summed E-state index contributed by atoms with van der Waals surface area (Å²) >= 11 is 7.60. The molecular weight excluding hydrogens is 340 g/mol. The predicted molar refractivity (Wildman–Crippen MR) is 102 cm³/mol. The van der Waals surface area contributed by atoms with Crippen LogP contribution in [0.3, 0.4) is 0 Å². The Morgan fingerprint density at radius 1 is 1.08 bits per heavy atom. The summed E-state index contributed by atoms with van der Waals surface area (Å²) in [5.74, 6) is 0.0854. The van der Waals surface area contributed by atoms with Gasteiger partial charge >= 0.3 is 0 Å². The minimum Gasteiger partial charge on any atom is -0.351 e. The van der Waals surface area contributed by atoms with E-state index in [9.17, 15) is 4.79 Å². The molecule has 0 aliphatic rings. The van der Waals surface area contributed by atoms with Gasteiger partial charge in [0.1, 0.15) is 6.54 Å². The minimum atomic E-state index is 0.0854. The maximum atomic E-state index is 12.0. The molecule has 1 atom stereocenters. The zero-order valence-electron chi connectivity index (χ0n) is 14.1. The molecular formula is C19H24ClN2OS+. The van der Waals surface area contributed by atoms with Crippen molar-refractivity contribution in [3.05, 3.63) is 64.7 Å². The zero-order chi connectivity index (χ0) is 17.4. The average Bonchev–Trinajstić information content (AvgIpc) is 2.57. The number of quaternary nitrogens is 1. The first-order valence-corrected chi connectivity index (χ1v) is 9.62. The number of carbonyl (C=O) groups is 1. The number of benzene rings is 2. The van der Waals surface area contributed by atoms with E-state index in [4.69, 9.17) is 11.6 Å². The number of carbonyl (C=O) groups excluding carboxylic acids is 1. The van der Waals surface area contributed by atoms with Crippen LogP contribution in [0.4, 0.5) is 0 Å². The molecule has 2 aromatic rings. The van der Waals surface area contributed by atoms with Crippen LogP contribution in [0.1, 0.15) is 11.1 Å². The van der Waals surface area contributed by atoms with Crippen molar-refractivity contribution < 1.29 is 9.69 Å². The molecule has 0 aliphatic carbocycles. The number of thioether (sulfide) groups is 1. The monoisotopic (exact) mass is 363 g/mol. The highest BCUT2D eigenvalue weighted by Crippen LogP contribution is 2.14. The molecule has 2 N–H and O–H groups in total. The van der Waals surface area contributed by atoms with E-state index in [1.165, 1.54) is 20.9 Å². The molecule has 0 saturated carbocycles. The first-order chi connectivity index (χ1) is 11.6. The minimum absolute atomic E-state index is 0.0854. The first kappa shape index (κ1) is 18.8. The second kappa shape index (κ2) is 9.72. The molecule has 5 heteroatoms. The fraction of sp³-hybridized carbons (Fsp3) is 0.316. The van der Waals surface area contributed by atoms with Crippen molar-refractivity contribution in [3.63, 3.8) is 0 Å². The normalized spacial score (nSPS) is 12.0. The molecule has 0 saturated heterocycles. The van der Waals surface area contributed by atoms with Crippen LogP contribution < -0.4 is 10.2 Å². The van der Waals surface area contributed by atoms with Gasteiger partial charge in [0, 0.05) is 22.0 Å². The van der Waals surface area contributed by atoms with Crippen molar-refractivity contribution in [1.82, 2.24) is 5.32 Å². The summed E-state index contributed by atoms with van der Waals surface area (Å²) in [4.78, 5) is 14.5. The van der Waals surface area contributed by atoms with Gasteiger partial charge < -0.3 is 10.2 Å². The third kappa shape index (κ3) is 6.56. The van der Waals surface area contributed by atoms with Gasteiger partial charge in [0.15, 0.2) is 6.54 Å². The molecule has 0 heterocycles. The van der Waals surface area contributed by atoms with E-state index in [1.807, 2.05) is 31.3 Å². The average molecular weight is 364 g/mol. The van der Waals surface area contributed by atoms with E-state index in [1.54, 1.807) is 11.8 Å². The maximum Gasteiger partial charge on any atom is 0.275 e. The van der Waals surface area contributed by atoms with Gasteiger partial charge in [0.05, 0.1) is 7.05 Å². The highest BCUT2D eigenvalue weighted by atomic mass is 35.5. The summed E-state index contributed by atoms with van der Waals surface area (Å²) in [7, 11) is 2.04. The highest BCUT2D eigenvalue weighted by Gasteiger charge is 2.10. The van der Waals surface area contributed by atoms with Crippen molar-refractivity contribution in [2.45, 2.75) is 17.9 Å². The van der Waals surface area contributed by atoms with Gasteiger partial charge in [-0.1, -0.05) is 35.9 Å². The molecule has 2 aromatic carbocycles. The van der Waals surface area contributed by atoms with E-state index in [2.05, 4.69) is 35.8 Å². The number of amides is 1. The quantitative estimate of drug-likeness (QED) is 0.706. The van der Waals surface area contributed by atoms with Gasteiger partial charge in [-0.15, -0.1) is 11.8 Å². The molecule has 1 unspecified atom stereocenters. The number of likely N-dealkylation sites (N-methyl/N-ethyl adjacent to an activating group) is 1. The van der Waals surface area contributed by atoms with E-state index >= 15 is 0 Å². The van der Waals surface area contributed by atoms with Gasteiger partial charge in [-0.2, -0.15) is 0 Å². The SMILES string of the molecule is CSc1ccc(C[NH+](C)CC(=O)NCCc2ccc(Cl)cc2)cc1. The van der Waals surface area contributed by atoms with Crippen molar-refractivity contribution in [3.8, 4) is 0 Å². The maximum absolute atomic E-state index is 12.0. The number of rotatable bonds is 8. The summed E-state index contributed by atoms with van der Waals surface area (Å²) in [6, 6.07) is 16.2. The Kier molecular flexibility index (Phi) is 7.63. The molecule has 3 nitrogen and oxygen atoms in total. The predicted octanol–water partition coefficient (Wildman–Crippen LogP) is 2.44. The highest BCUT2D eigenvalue weighted by molar-refractivity contribution is 7.98. The number of halogens is 1. The van der Waals surface area contributed by atoms with E-state index in [0.29, 0.717) is 13.1 Å². The molecule has 0 radical (unpaired) electrons. The fourth-order valence-electron chi connectivity index (χ4n) is 2.49. The van der Waals surface area contributed by atoms with Crippen LogP contribution in [-0.2, 0) is 17.8 Å². The Bertz CT molecular complexity index is 643. The summed E-state index contributed by atoms with van der Waals surface area (Å²) in [5, 5.41) is 3.72. The van der Waals surface area contributed by atoms with Crippen LogP contribution in [0.5, 0.6) is 0 Å². The lowest BCUT2D eigenvalue weighted by atomic mass is 10.1. The Morgan fingerprint density at radius 2 is 1.71 bits per heavy atom. The second-order valence-corrected chi connectivity index (χ2v) is 7.20. The van der Waals surface area contributed by atoms with Crippen molar-refractivity contribution in [2.24, 2.45) is 0 Å². The lowest BCUT2D eigenvalue weighted by molar-refractivity contribution is -0.885. The number of hydrogen-bond donors (Lipinski definition) is 2. The van der Waals surface area contributed by atoms with E-state index in [-0.39, 0.29) is 5.91 Å². The largest absolute Gasteiger partial charge is 0.351 e. The molecule has 0 fully saturated rings. The van der Waals surface area contributed by atoms with E-state index in [0.717, 1.165) is 18.0 Å². The second-order valence-electron chi connectivity index (χ2n) is 5.89. The summed E-state index contributed by atoms with van der Waals surface area (Å²) in [6.07, 6.45) is 2.89. The van der Waals surface area contributed by atoms with Crippen molar-refractivity contribution >= 4 is 29.3 Å². The first-order valence-electron chi connectivity index (χ1n) is 8.02. The lowest BCUT2D eigenvalue weighted by Gasteiger charge is -2.14. The van der Waals surface area contributed by atoms with E-state index < -0.39 is 0 Å². The Hall–Kier alpha value is -1.49. The lowest BCUT2D eigenvalue weighted by Crippen LogP contribution is -3.08. The van der Waals surface area contributed by atoms with Crippen LogP contribution in [0.25, 0.3) is 0 Å². The van der Waals surface area contributed by atoms with Crippen molar-refractivity contribution in [1.29, 1.82) is 0 Å². The van der Waals surface area contributed by atoms with Gasteiger partial charge in [-0.3, -0.25) is 4.79 Å². The fourth-order valence-corrected chi connectivity index (χ4v) is 3.02. The Labute approximate surface area is 153 Å². The summed E-state index contributed by atoms with van der Waals surface area (Å²) < 4.78 is 0. The van der Waals surface area contributed by atoms with Gasteiger partial charge in [-0.25, -0.2) is 0 Å². The Morgan fingerprint density at radius 3 is 2.33 bits per heavy atom. The molecule has 0 bridgehead atoms. The van der Waals surface area contributed by atoms with Gasteiger partial charge in [-0.05, 0) is 42.5 Å². The molecule has 24 heavy (non-hydrogen) atoms. The topological polar surface area (TPSA) is 33.5 Å². The van der Waals surface area contributed by atoms with Gasteiger partial charge in [0.2, 0.25) is 0 Å².